The van der Waals surface area contributed by atoms with Gasteiger partial charge < -0.3 is 0 Å². The smallest absolute Gasteiger partial charge is 0.256 e. The van der Waals surface area contributed by atoms with Gasteiger partial charge in [0.25, 0.3) is 0 Å². The second kappa shape index (κ2) is 7.79. The zero-order valence-corrected chi connectivity index (χ0v) is 16.4. The first-order chi connectivity index (χ1) is 13.7. The van der Waals surface area contributed by atoms with Crippen LogP contribution >= 0.6 is 7.05 Å². The van der Waals surface area contributed by atoms with Crippen LogP contribution in [0, 0.1) is 6.92 Å². The minimum Gasteiger partial charge on any atom is -0.256 e. The van der Waals surface area contributed by atoms with Crippen LogP contribution in [-0.4, -0.2) is 15.6 Å². The van der Waals surface area contributed by atoms with Gasteiger partial charge in [0.15, 0.2) is 0 Å². The molecule has 5 heteroatoms. The lowest BCUT2D eigenvalue weighted by atomic mass is 10.2. The zero-order chi connectivity index (χ0) is 19.4. The molecule has 0 unspecified atom stereocenters. The molecule has 0 N–H and O–H groups in total. The van der Waals surface area contributed by atoms with E-state index >= 15 is 0 Å². The number of hydrogen-bond acceptors (Lipinski definition) is 2. The summed E-state index contributed by atoms with van der Waals surface area (Å²) < 4.78 is 6.35. The Morgan fingerprint density at radius 1 is 0.857 bits per heavy atom. The first kappa shape index (κ1) is 18.1. The molecule has 0 bridgehead atoms. The predicted octanol–water partition coefficient (Wildman–Crippen LogP) is 4.34. The second-order valence-corrected chi connectivity index (χ2v) is 9.43. The number of imidazole rings is 1. The maximum Gasteiger partial charge on any atom is 0.352 e. The molecule has 3 aromatic carbocycles. The fourth-order valence-corrected chi connectivity index (χ4v) is 7.01. The van der Waals surface area contributed by atoms with Crippen LogP contribution in [-0.2, 0) is 0 Å². The Bertz CT molecular complexity index is 1090. The van der Waals surface area contributed by atoms with Crippen molar-refractivity contribution in [3.63, 3.8) is 0 Å². The van der Waals surface area contributed by atoms with Gasteiger partial charge in [0, 0.05) is 28.3 Å². The maximum absolute atomic E-state index is 13.1. The van der Waals surface area contributed by atoms with E-state index in [1.807, 2.05) is 48.5 Å². The molecule has 138 valence electrons. The molecule has 0 fully saturated rings. The molecule has 4 rings (SSSR count). The van der Waals surface area contributed by atoms with E-state index in [1.54, 1.807) is 12.4 Å². The average Bonchev–Trinajstić information content (AvgIpc) is 3.29. The number of amides is 1. The molecule has 0 atom stereocenters. The highest BCUT2D eigenvalue weighted by molar-refractivity contribution is 7.87. The lowest BCUT2D eigenvalue weighted by Gasteiger charge is -2.27. The van der Waals surface area contributed by atoms with Crippen LogP contribution in [0.25, 0.3) is 0 Å². The van der Waals surface area contributed by atoms with E-state index in [-0.39, 0.29) is 6.03 Å². The number of rotatable bonds is 3. The normalized spacial score (nSPS) is 11.2. The third-order valence-electron chi connectivity index (χ3n) is 4.68. The minimum absolute atomic E-state index is 0.318. The van der Waals surface area contributed by atoms with Gasteiger partial charge >= 0.3 is 6.03 Å². The van der Waals surface area contributed by atoms with Crippen molar-refractivity contribution < 1.29 is 4.79 Å². The van der Waals surface area contributed by atoms with Crippen LogP contribution in [0.4, 0.5) is 4.79 Å². The van der Waals surface area contributed by atoms with E-state index in [4.69, 9.17) is 4.74 Å². The van der Waals surface area contributed by atoms with Crippen LogP contribution in [0.5, 0.6) is 0 Å². The molecule has 1 amide bonds. The SMILES string of the molecule is Cc1ccccc1P(=NC(=O)n1ccnc1)(c1ccccc1)c1ccccc1. The molecule has 0 saturated heterocycles. The third-order valence-corrected chi connectivity index (χ3v) is 8.45. The molecule has 1 heterocycles. The molecule has 28 heavy (non-hydrogen) atoms. The maximum atomic E-state index is 13.1. The van der Waals surface area contributed by atoms with Crippen molar-refractivity contribution in [3.05, 3.63) is 109 Å². The first-order valence-electron chi connectivity index (χ1n) is 9.04. The molecule has 4 nitrogen and oxygen atoms in total. The van der Waals surface area contributed by atoms with Crippen LogP contribution in [0.15, 0.2) is 108 Å². The Labute approximate surface area is 164 Å². The standard InChI is InChI=1S/C23H20N3OP/c1-19-10-8-9-15-22(19)28(20-11-4-2-5-12-20,21-13-6-3-7-14-21)25-23(27)26-17-16-24-18-26/h2-18H,1H3. The Morgan fingerprint density at radius 2 is 1.43 bits per heavy atom. The fourth-order valence-electron chi connectivity index (χ4n) is 3.36. The number of benzene rings is 3. The number of carbonyl (C=O) groups excluding carboxylic acids is 1. The van der Waals surface area contributed by atoms with Crippen LogP contribution in [0.2, 0.25) is 0 Å². The third kappa shape index (κ3) is 3.23. The predicted molar refractivity (Wildman–Crippen MR) is 115 cm³/mol. The molecule has 0 aliphatic carbocycles. The van der Waals surface area contributed by atoms with E-state index < -0.39 is 7.05 Å². The van der Waals surface area contributed by atoms with Crippen molar-refractivity contribution in [3.8, 4) is 0 Å². The Kier molecular flexibility index (Phi) is 5.05. The lowest BCUT2D eigenvalue weighted by Crippen LogP contribution is -2.28. The Morgan fingerprint density at radius 3 is 1.96 bits per heavy atom. The number of aryl methyl sites for hydroxylation is 1. The minimum atomic E-state index is -2.56. The first-order valence-corrected chi connectivity index (χ1v) is 10.8. The fraction of sp³-hybridized carbons (Fsp3) is 0.0435. The van der Waals surface area contributed by atoms with E-state index in [0.29, 0.717) is 0 Å². The van der Waals surface area contributed by atoms with Crippen molar-refractivity contribution in [1.82, 2.24) is 9.55 Å². The summed E-state index contributed by atoms with van der Waals surface area (Å²) in [5.74, 6) is 0. The Hall–Kier alpha value is -3.23. The van der Waals surface area contributed by atoms with Crippen molar-refractivity contribution in [2.45, 2.75) is 6.92 Å². The summed E-state index contributed by atoms with van der Waals surface area (Å²) in [6, 6.07) is 28.1. The molecular weight excluding hydrogens is 365 g/mol. The summed E-state index contributed by atoms with van der Waals surface area (Å²) in [5.41, 5.74) is 1.12. The molecule has 0 spiro atoms. The number of carbonyl (C=O) groups is 1. The van der Waals surface area contributed by atoms with Gasteiger partial charge in [-0.05, 0) is 12.5 Å². The van der Waals surface area contributed by atoms with Crippen LogP contribution in [0.1, 0.15) is 5.56 Å². The summed E-state index contributed by atoms with van der Waals surface area (Å²) >= 11 is 0. The van der Waals surface area contributed by atoms with Gasteiger partial charge in [0.2, 0.25) is 0 Å². The summed E-state index contributed by atoms with van der Waals surface area (Å²) in [5, 5.41) is 3.17. The van der Waals surface area contributed by atoms with Gasteiger partial charge in [-0.1, -0.05) is 84.9 Å². The van der Waals surface area contributed by atoms with Gasteiger partial charge in [-0.3, -0.25) is 4.57 Å². The number of hydrogen-bond donors (Lipinski definition) is 0. The van der Waals surface area contributed by atoms with Crippen LogP contribution < -0.4 is 15.9 Å². The molecule has 0 radical (unpaired) electrons. The monoisotopic (exact) mass is 385 g/mol. The van der Waals surface area contributed by atoms with Gasteiger partial charge in [0.1, 0.15) is 6.33 Å². The molecule has 0 aliphatic heterocycles. The highest BCUT2D eigenvalue weighted by Gasteiger charge is 2.30. The van der Waals surface area contributed by atoms with Gasteiger partial charge in [0.05, 0.1) is 7.05 Å². The van der Waals surface area contributed by atoms with Crippen molar-refractivity contribution in [2.75, 3.05) is 0 Å². The summed E-state index contributed by atoms with van der Waals surface area (Å²) in [6.45, 7) is 2.08. The van der Waals surface area contributed by atoms with Crippen molar-refractivity contribution >= 4 is 29.0 Å². The Balaban J connectivity index is 2.12. The van der Waals surface area contributed by atoms with Crippen LogP contribution in [0.3, 0.4) is 0 Å². The lowest BCUT2D eigenvalue weighted by molar-refractivity contribution is 0.251. The largest absolute Gasteiger partial charge is 0.352 e. The topological polar surface area (TPSA) is 47.2 Å². The summed E-state index contributed by atoms with van der Waals surface area (Å²) in [4.78, 5) is 17.1. The summed E-state index contributed by atoms with van der Waals surface area (Å²) in [7, 11) is -2.56. The molecule has 1 aromatic heterocycles. The van der Waals surface area contributed by atoms with E-state index in [9.17, 15) is 4.79 Å². The second-order valence-electron chi connectivity index (χ2n) is 6.45. The zero-order valence-electron chi connectivity index (χ0n) is 15.5. The quantitative estimate of drug-likeness (QED) is 0.493. The van der Waals surface area contributed by atoms with Gasteiger partial charge in [-0.25, -0.2) is 9.78 Å². The highest BCUT2D eigenvalue weighted by atomic mass is 31.2. The highest BCUT2D eigenvalue weighted by Crippen LogP contribution is 2.47. The number of nitrogens with zero attached hydrogens (tertiary/aromatic N) is 3. The number of aromatic nitrogens is 2. The van der Waals surface area contributed by atoms with Gasteiger partial charge in [-0.2, -0.15) is 4.74 Å². The average molecular weight is 385 g/mol. The summed E-state index contributed by atoms with van der Waals surface area (Å²) in [6.07, 6.45) is 4.72. The van der Waals surface area contributed by atoms with Crippen molar-refractivity contribution in [2.24, 2.45) is 4.74 Å². The van der Waals surface area contributed by atoms with E-state index in [1.165, 1.54) is 10.9 Å². The molecular formula is C23H20N3OP. The molecule has 0 saturated carbocycles. The van der Waals surface area contributed by atoms with E-state index in [2.05, 4.69) is 48.3 Å². The van der Waals surface area contributed by atoms with Gasteiger partial charge in [-0.15, -0.1) is 0 Å². The molecule has 4 aromatic rings. The van der Waals surface area contributed by atoms with Crippen molar-refractivity contribution in [1.29, 1.82) is 0 Å². The van der Waals surface area contributed by atoms with E-state index in [0.717, 1.165) is 21.5 Å². The molecule has 0 aliphatic rings.